The third kappa shape index (κ3) is 4.12. The molecule has 0 spiro atoms. The number of benzene rings is 1. The fourth-order valence-corrected chi connectivity index (χ4v) is 4.07. The van der Waals surface area contributed by atoms with E-state index < -0.39 is 0 Å². The molecular weight excluding hydrogens is 326 g/mol. The average Bonchev–Trinajstić information content (AvgIpc) is 3.33. The lowest BCUT2D eigenvalue weighted by Gasteiger charge is -2.28. The number of amides is 1. The van der Waals surface area contributed by atoms with Gasteiger partial charge in [-0.05, 0) is 38.3 Å². The van der Waals surface area contributed by atoms with Crippen molar-refractivity contribution in [2.24, 2.45) is 5.92 Å². The first kappa shape index (κ1) is 17.2. The molecule has 1 aromatic heterocycles. The molecule has 1 amide bonds. The van der Waals surface area contributed by atoms with Crippen LogP contribution in [0.2, 0.25) is 0 Å². The van der Waals surface area contributed by atoms with Gasteiger partial charge in [-0.3, -0.25) is 4.79 Å². The van der Waals surface area contributed by atoms with Gasteiger partial charge in [0.25, 0.3) is 0 Å². The number of aromatic nitrogens is 3. The summed E-state index contributed by atoms with van der Waals surface area (Å²) in [6.45, 7) is 5.63. The number of hydrogen-bond donors (Lipinski definition) is 0. The highest BCUT2D eigenvalue weighted by Crippen LogP contribution is 2.20. The minimum absolute atomic E-state index is 0.149. The van der Waals surface area contributed by atoms with E-state index in [0.717, 1.165) is 37.3 Å². The van der Waals surface area contributed by atoms with Crippen LogP contribution in [-0.4, -0.2) is 63.4 Å². The monoisotopic (exact) mass is 353 g/mol. The lowest BCUT2D eigenvalue weighted by Crippen LogP contribution is -2.36. The van der Waals surface area contributed by atoms with Crippen molar-refractivity contribution in [3.05, 3.63) is 36.5 Å². The maximum absolute atomic E-state index is 12.6. The van der Waals surface area contributed by atoms with E-state index in [1.54, 1.807) is 4.68 Å². The molecule has 1 unspecified atom stereocenters. The smallest absolute Gasteiger partial charge is 0.244 e. The number of nitrogens with zero attached hydrogens (tertiary/aromatic N) is 5. The lowest BCUT2D eigenvalue weighted by atomic mass is 10.1. The highest BCUT2D eigenvalue weighted by Gasteiger charge is 2.28. The molecule has 3 heterocycles. The Labute approximate surface area is 154 Å². The maximum atomic E-state index is 12.6. The number of rotatable bonds is 5. The Kier molecular flexibility index (Phi) is 5.29. The molecule has 0 bridgehead atoms. The Morgan fingerprint density at radius 2 is 1.88 bits per heavy atom. The van der Waals surface area contributed by atoms with Gasteiger partial charge >= 0.3 is 0 Å². The molecule has 6 nitrogen and oxygen atoms in total. The Morgan fingerprint density at radius 1 is 1.08 bits per heavy atom. The zero-order valence-corrected chi connectivity index (χ0v) is 15.3. The fraction of sp³-hybridized carbons (Fsp3) is 0.550. The largest absolute Gasteiger partial charge is 0.341 e. The first-order valence-corrected chi connectivity index (χ1v) is 9.73. The van der Waals surface area contributed by atoms with Gasteiger partial charge in [0.15, 0.2) is 0 Å². The highest BCUT2D eigenvalue weighted by molar-refractivity contribution is 5.76. The van der Waals surface area contributed by atoms with E-state index in [1.807, 2.05) is 41.4 Å². The van der Waals surface area contributed by atoms with Gasteiger partial charge in [-0.15, -0.1) is 5.10 Å². The third-order valence-corrected chi connectivity index (χ3v) is 5.51. The van der Waals surface area contributed by atoms with Crippen LogP contribution in [0.1, 0.15) is 25.7 Å². The topological polar surface area (TPSA) is 54.3 Å². The molecule has 0 radical (unpaired) electrons. The predicted octanol–water partition coefficient (Wildman–Crippen LogP) is 2.28. The summed E-state index contributed by atoms with van der Waals surface area (Å²) in [5.74, 6) is 0.767. The van der Waals surface area contributed by atoms with E-state index in [-0.39, 0.29) is 12.5 Å². The standard InChI is InChI=1S/C20H27N5O/c26-20(16-25-15-19(21-22-25)18-7-3-1-4-8-18)24-12-9-17(14-24)13-23-10-5-2-6-11-23/h1,3-4,7-8,15,17H,2,5-6,9-14,16H2. The minimum Gasteiger partial charge on any atom is -0.341 e. The van der Waals surface area contributed by atoms with Crippen LogP contribution in [0.15, 0.2) is 36.5 Å². The van der Waals surface area contributed by atoms with Gasteiger partial charge in [-0.1, -0.05) is 42.0 Å². The van der Waals surface area contributed by atoms with Crippen molar-refractivity contribution in [1.82, 2.24) is 24.8 Å². The molecule has 2 saturated heterocycles. The van der Waals surface area contributed by atoms with Crippen molar-refractivity contribution in [2.75, 3.05) is 32.7 Å². The van der Waals surface area contributed by atoms with E-state index in [9.17, 15) is 4.79 Å². The number of carbonyl (C=O) groups excluding carboxylic acids is 1. The number of hydrogen-bond acceptors (Lipinski definition) is 4. The molecule has 0 saturated carbocycles. The predicted molar refractivity (Wildman–Crippen MR) is 100 cm³/mol. The van der Waals surface area contributed by atoms with Crippen molar-refractivity contribution >= 4 is 5.91 Å². The van der Waals surface area contributed by atoms with Crippen LogP contribution in [-0.2, 0) is 11.3 Å². The van der Waals surface area contributed by atoms with Gasteiger partial charge < -0.3 is 9.80 Å². The zero-order chi connectivity index (χ0) is 17.8. The molecule has 0 N–H and O–H groups in total. The summed E-state index contributed by atoms with van der Waals surface area (Å²) in [4.78, 5) is 17.2. The first-order chi connectivity index (χ1) is 12.8. The molecule has 0 aliphatic carbocycles. The molecule has 1 aromatic carbocycles. The lowest BCUT2D eigenvalue weighted by molar-refractivity contribution is -0.131. The summed E-state index contributed by atoms with van der Waals surface area (Å²) in [7, 11) is 0. The van der Waals surface area contributed by atoms with Crippen molar-refractivity contribution in [2.45, 2.75) is 32.2 Å². The van der Waals surface area contributed by atoms with E-state index in [4.69, 9.17) is 0 Å². The van der Waals surface area contributed by atoms with Crippen LogP contribution >= 0.6 is 0 Å². The van der Waals surface area contributed by atoms with Crippen molar-refractivity contribution in [3.63, 3.8) is 0 Å². The molecule has 2 aliphatic rings. The fourth-order valence-electron chi connectivity index (χ4n) is 4.07. The van der Waals surface area contributed by atoms with Gasteiger partial charge in [0, 0.05) is 25.2 Å². The van der Waals surface area contributed by atoms with Crippen molar-refractivity contribution in [1.29, 1.82) is 0 Å². The third-order valence-electron chi connectivity index (χ3n) is 5.51. The van der Waals surface area contributed by atoms with Crippen LogP contribution < -0.4 is 0 Å². The van der Waals surface area contributed by atoms with E-state index >= 15 is 0 Å². The Hall–Kier alpha value is -2.21. The molecule has 138 valence electrons. The molecular formula is C20H27N5O. The second-order valence-electron chi connectivity index (χ2n) is 7.52. The van der Waals surface area contributed by atoms with E-state index in [2.05, 4.69) is 15.2 Å². The van der Waals surface area contributed by atoms with Gasteiger partial charge in [-0.2, -0.15) is 0 Å². The zero-order valence-electron chi connectivity index (χ0n) is 15.3. The second-order valence-corrected chi connectivity index (χ2v) is 7.52. The Balaban J connectivity index is 1.29. The van der Waals surface area contributed by atoms with E-state index in [1.165, 1.54) is 32.4 Å². The molecule has 4 rings (SSSR count). The Bertz CT molecular complexity index is 723. The number of carbonyl (C=O) groups is 1. The first-order valence-electron chi connectivity index (χ1n) is 9.73. The molecule has 2 aliphatic heterocycles. The van der Waals surface area contributed by atoms with Crippen LogP contribution in [0.3, 0.4) is 0 Å². The average molecular weight is 353 g/mol. The van der Waals surface area contributed by atoms with Gasteiger partial charge in [0.2, 0.25) is 5.91 Å². The molecule has 2 aromatic rings. The van der Waals surface area contributed by atoms with Gasteiger partial charge in [0.05, 0.1) is 6.20 Å². The summed E-state index contributed by atoms with van der Waals surface area (Å²) in [6, 6.07) is 9.94. The molecule has 2 fully saturated rings. The summed E-state index contributed by atoms with van der Waals surface area (Å²) < 4.78 is 1.66. The van der Waals surface area contributed by atoms with Crippen LogP contribution in [0.5, 0.6) is 0 Å². The van der Waals surface area contributed by atoms with Gasteiger partial charge in [-0.25, -0.2) is 4.68 Å². The quantitative estimate of drug-likeness (QED) is 0.828. The molecule has 6 heteroatoms. The van der Waals surface area contributed by atoms with E-state index in [0.29, 0.717) is 5.92 Å². The molecule has 1 atom stereocenters. The van der Waals surface area contributed by atoms with Crippen LogP contribution in [0, 0.1) is 5.92 Å². The Morgan fingerprint density at radius 3 is 2.69 bits per heavy atom. The summed E-state index contributed by atoms with van der Waals surface area (Å²) >= 11 is 0. The SMILES string of the molecule is O=C(Cn1cc(-c2ccccc2)nn1)N1CCC(CN2CCCCC2)C1. The van der Waals surface area contributed by atoms with Gasteiger partial charge in [0.1, 0.15) is 12.2 Å². The normalized spacial score (nSPS) is 21.2. The minimum atomic E-state index is 0.149. The second kappa shape index (κ2) is 7.99. The number of likely N-dealkylation sites (tertiary alicyclic amines) is 2. The maximum Gasteiger partial charge on any atom is 0.244 e. The summed E-state index contributed by atoms with van der Waals surface area (Å²) in [6.07, 6.45) is 6.99. The van der Waals surface area contributed by atoms with Crippen molar-refractivity contribution < 1.29 is 4.79 Å². The molecule has 26 heavy (non-hydrogen) atoms. The highest BCUT2D eigenvalue weighted by atomic mass is 16.2. The summed E-state index contributed by atoms with van der Waals surface area (Å²) in [5, 5.41) is 8.32. The van der Waals surface area contributed by atoms with Crippen molar-refractivity contribution in [3.8, 4) is 11.3 Å². The summed E-state index contributed by atoms with van der Waals surface area (Å²) in [5.41, 5.74) is 1.83. The number of piperidine rings is 1. The van der Waals surface area contributed by atoms with Crippen LogP contribution in [0.25, 0.3) is 11.3 Å². The van der Waals surface area contributed by atoms with Crippen LogP contribution in [0.4, 0.5) is 0 Å².